The highest BCUT2D eigenvalue weighted by Gasteiger charge is 2.32. The Morgan fingerprint density at radius 3 is 2.33 bits per heavy atom. The lowest BCUT2D eigenvalue weighted by molar-refractivity contribution is 0.234. The van der Waals surface area contributed by atoms with E-state index in [9.17, 15) is 17.2 Å². The van der Waals surface area contributed by atoms with Gasteiger partial charge in [-0.3, -0.25) is 4.31 Å². The smallest absolute Gasteiger partial charge is 0.355 e. The molecule has 1 aromatic rings. The molecule has 1 rings (SSSR count). The van der Waals surface area contributed by atoms with Gasteiger partial charge in [-0.2, -0.15) is 8.78 Å². The number of nitrogens with two attached hydrogens (primary N) is 1. The third kappa shape index (κ3) is 3.61. The summed E-state index contributed by atoms with van der Waals surface area (Å²) in [5.41, 5.74) is 5.42. The minimum atomic E-state index is -4.70. The molecule has 1 aromatic carbocycles. The predicted octanol–water partition coefficient (Wildman–Crippen LogP) is 1.72. The average molecular weight is 294 g/mol. The lowest BCUT2D eigenvalue weighted by Crippen LogP contribution is -2.37. The van der Waals surface area contributed by atoms with Gasteiger partial charge in [-0.25, -0.2) is 8.42 Å². The molecule has 0 radical (unpaired) electrons. The van der Waals surface area contributed by atoms with Gasteiger partial charge >= 0.3 is 5.76 Å². The van der Waals surface area contributed by atoms with Gasteiger partial charge in [0, 0.05) is 13.0 Å². The number of alkyl halides is 2. The molecule has 8 heteroatoms. The van der Waals surface area contributed by atoms with E-state index in [0.29, 0.717) is 4.31 Å². The summed E-state index contributed by atoms with van der Waals surface area (Å²) in [5.74, 6) is -3.48. The van der Waals surface area contributed by atoms with Crippen LogP contribution in [-0.4, -0.2) is 25.7 Å². The predicted molar refractivity (Wildman–Crippen MR) is 70.1 cm³/mol. The quantitative estimate of drug-likeness (QED) is 0.812. The summed E-state index contributed by atoms with van der Waals surface area (Å²) < 4.78 is 48.9. The average Bonchev–Trinajstić information content (AvgIpc) is 2.29. The minimum Gasteiger partial charge on any atom is -0.393 e. The molecular weight excluding hydrogens is 282 g/mol. The summed E-state index contributed by atoms with van der Waals surface area (Å²) in [5, 5.41) is 0. The molecule has 0 atom stereocenters. The van der Waals surface area contributed by atoms with E-state index in [0.717, 1.165) is 0 Å². The van der Waals surface area contributed by atoms with Crippen molar-refractivity contribution in [1.29, 1.82) is 0 Å². The van der Waals surface area contributed by atoms with E-state index in [4.69, 9.17) is 5.73 Å². The molecular formula is C10H12F2N2O2S2. The number of thiocarbonyl (C=S) groups is 1. The number of rotatable bonds is 6. The first-order chi connectivity index (χ1) is 8.35. The molecule has 0 spiro atoms. The Bertz CT molecular complexity index is 506. The van der Waals surface area contributed by atoms with E-state index >= 15 is 0 Å². The first-order valence-corrected chi connectivity index (χ1v) is 6.90. The van der Waals surface area contributed by atoms with Crippen LogP contribution >= 0.6 is 12.2 Å². The standard InChI is InChI=1S/C10H12F2N2O2S2/c11-10(12)18(15,16)14(7-6-9(13)17)8-4-2-1-3-5-8/h1-5,10H,6-7H2,(H2,13,17). The Hall–Kier alpha value is -1.28. The van der Waals surface area contributed by atoms with Crippen molar-refractivity contribution in [2.45, 2.75) is 12.2 Å². The highest BCUT2D eigenvalue weighted by molar-refractivity contribution is 7.93. The van der Waals surface area contributed by atoms with Crippen LogP contribution in [0.4, 0.5) is 14.5 Å². The van der Waals surface area contributed by atoms with Gasteiger partial charge in [0.05, 0.1) is 10.7 Å². The second-order valence-corrected chi connectivity index (χ2v) is 5.78. The molecule has 0 aliphatic heterocycles. The molecule has 0 heterocycles. The van der Waals surface area contributed by atoms with E-state index in [1.807, 2.05) is 0 Å². The van der Waals surface area contributed by atoms with Crippen molar-refractivity contribution in [2.24, 2.45) is 5.73 Å². The van der Waals surface area contributed by atoms with Gasteiger partial charge in [-0.05, 0) is 12.1 Å². The van der Waals surface area contributed by atoms with Crippen LogP contribution in [0.2, 0.25) is 0 Å². The Labute approximate surface area is 109 Å². The number of halogens is 2. The largest absolute Gasteiger partial charge is 0.393 e. The van der Waals surface area contributed by atoms with Crippen molar-refractivity contribution in [1.82, 2.24) is 0 Å². The van der Waals surface area contributed by atoms with Crippen molar-refractivity contribution in [2.75, 3.05) is 10.8 Å². The molecule has 0 unspecified atom stereocenters. The summed E-state index contributed by atoms with van der Waals surface area (Å²) in [4.78, 5) is 0.0698. The zero-order valence-corrected chi connectivity index (χ0v) is 10.9. The van der Waals surface area contributed by atoms with Gasteiger partial charge in [0.15, 0.2) is 0 Å². The maximum atomic E-state index is 12.6. The van der Waals surface area contributed by atoms with Crippen molar-refractivity contribution >= 4 is 32.9 Å². The molecule has 2 N–H and O–H groups in total. The fourth-order valence-electron chi connectivity index (χ4n) is 1.31. The third-order valence-corrected chi connectivity index (χ3v) is 3.80. The number of anilines is 1. The van der Waals surface area contributed by atoms with Crippen LogP contribution in [0.15, 0.2) is 30.3 Å². The van der Waals surface area contributed by atoms with Gasteiger partial charge in [0.2, 0.25) is 0 Å². The first kappa shape index (κ1) is 14.8. The summed E-state index contributed by atoms with van der Waals surface area (Å²) in [6.07, 6.45) is 0.0379. The molecule has 4 nitrogen and oxygen atoms in total. The lowest BCUT2D eigenvalue weighted by Gasteiger charge is -2.23. The topological polar surface area (TPSA) is 63.4 Å². The van der Waals surface area contributed by atoms with Crippen molar-refractivity contribution < 1.29 is 17.2 Å². The maximum absolute atomic E-state index is 12.6. The van der Waals surface area contributed by atoms with Gasteiger partial charge in [0.25, 0.3) is 10.0 Å². The number of nitrogens with zero attached hydrogens (tertiary/aromatic N) is 1. The number of hydrogen-bond acceptors (Lipinski definition) is 3. The summed E-state index contributed by atoms with van der Waals surface area (Å²) >= 11 is 4.62. The molecule has 0 saturated carbocycles. The van der Waals surface area contributed by atoms with E-state index in [1.165, 1.54) is 12.1 Å². The highest BCUT2D eigenvalue weighted by Crippen LogP contribution is 2.22. The molecule has 0 aromatic heterocycles. The zero-order chi connectivity index (χ0) is 13.8. The molecule has 0 aliphatic rings. The van der Waals surface area contributed by atoms with E-state index in [1.54, 1.807) is 18.2 Å². The van der Waals surface area contributed by atoms with Crippen LogP contribution in [0.5, 0.6) is 0 Å². The van der Waals surface area contributed by atoms with Crippen LogP contribution < -0.4 is 10.0 Å². The van der Waals surface area contributed by atoms with Crippen molar-refractivity contribution in [3.05, 3.63) is 30.3 Å². The molecule has 100 valence electrons. The fraction of sp³-hybridized carbons (Fsp3) is 0.300. The number of benzene rings is 1. The van der Waals surface area contributed by atoms with Gasteiger partial charge in [0.1, 0.15) is 0 Å². The van der Waals surface area contributed by atoms with Crippen LogP contribution in [0.1, 0.15) is 6.42 Å². The number of sulfonamides is 1. The van der Waals surface area contributed by atoms with E-state index in [2.05, 4.69) is 12.2 Å². The van der Waals surface area contributed by atoms with Crippen molar-refractivity contribution in [3.63, 3.8) is 0 Å². The Morgan fingerprint density at radius 1 is 1.33 bits per heavy atom. The number of hydrogen-bond donors (Lipinski definition) is 1. The van der Waals surface area contributed by atoms with E-state index < -0.39 is 15.8 Å². The molecule has 18 heavy (non-hydrogen) atoms. The van der Waals surface area contributed by atoms with Gasteiger partial charge < -0.3 is 5.73 Å². The molecule has 0 aliphatic carbocycles. The first-order valence-electron chi connectivity index (χ1n) is 4.98. The molecule has 0 fully saturated rings. The monoisotopic (exact) mass is 294 g/mol. The van der Waals surface area contributed by atoms with Crippen LogP contribution in [0.3, 0.4) is 0 Å². The van der Waals surface area contributed by atoms with Crippen LogP contribution in [0.25, 0.3) is 0 Å². The molecule has 0 amide bonds. The Balaban J connectivity index is 3.07. The highest BCUT2D eigenvalue weighted by atomic mass is 32.2. The minimum absolute atomic E-state index is 0.0379. The molecule has 0 saturated heterocycles. The zero-order valence-electron chi connectivity index (χ0n) is 9.29. The third-order valence-electron chi connectivity index (χ3n) is 2.14. The normalized spacial score (nSPS) is 11.5. The molecule has 0 bridgehead atoms. The van der Waals surface area contributed by atoms with Crippen LogP contribution in [-0.2, 0) is 10.0 Å². The summed E-state index contributed by atoms with van der Waals surface area (Å²) in [6, 6.07) is 7.64. The van der Waals surface area contributed by atoms with Gasteiger partial charge in [-0.1, -0.05) is 30.4 Å². The lowest BCUT2D eigenvalue weighted by atomic mass is 10.3. The Kier molecular flexibility index (Phi) is 4.97. The maximum Gasteiger partial charge on any atom is 0.355 e. The van der Waals surface area contributed by atoms with Crippen LogP contribution in [0, 0.1) is 0 Å². The summed E-state index contributed by atoms with van der Waals surface area (Å²) in [6.45, 7) is -0.202. The fourth-order valence-corrected chi connectivity index (χ4v) is 2.35. The second kappa shape index (κ2) is 6.05. The number of para-hydroxylation sites is 1. The van der Waals surface area contributed by atoms with E-state index in [-0.39, 0.29) is 23.6 Å². The second-order valence-electron chi connectivity index (χ2n) is 3.43. The SMILES string of the molecule is NC(=S)CCN(c1ccccc1)S(=O)(=O)C(F)F. The Morgan fingerprint density at radius 2 is 1.89 bits per heavy atom. The summed E-state index contributed by atoms with van der Waals surface area (Å²) in [7, 11) is -4.70. The van der Waals surface area contributed by atoms with Gasteiger partial charge in [-0.15, -0.1) is 0 Å². The van der Waals surface area contributed by atoms with Crippen molar-refractivity contribution in [3.8, 4) is 0 Å².